The third-order valence-electron chi connectivity index (χ3n) is 2.51. The van der Waals surface area contributed by atoms with Crippen molar-refractivity contribution < 1.29 is 73.5 Å². The molecule has 0 fully saturated rings. The predicted octanol–water partition coefficient (Wildman–Crippen LogP) is 0.699. The number of hydrogen-bond acceptors (Lipinski definition) is 1. The summed E-state index contributed by atoms with van der Waals surface area (Å²) in [6.45, 7) is -0.985. The maximum atomic E-state index is 12.8. The van der Waals surface area contributed by atoms with Gasteiger partial charge in [0.1, 0.15) is 5.82 Å². The van der Waals surface area contributed by atoms with Crippen molar-refractivity contribution in [2.24, 2.45) is 5.92 Å². The monoisotopic (exact) mass is 302 g/mol. The first-order valence-corrected chi connectivity index (χ1v) is 5.93. The molecule has 1 nitrogen and oxygen atoms in total. The van der Waals surface area contributed by atoms with E-state index >= 15 is 0 Å². The van der Waals surface area contributed by atoms with Crippen LogP contribution < -0.4 is 61.6 Å². The van der Waals surface area contributed by atoms with Crippen LogP contribution in [-0.2, 0) is 0 Å². The van der Waals surface area contributed by atoms with Crippen molar-refractivity contribution in [1.82, 2.24) is 0 Å². The Morgan fingerprint density at radius 1 is 1.21 bits per heavy atom. The summed E-state index contributed by atoms with van der Waals surface area (Å²) in [5.41, 5.74) is -1.00. The Labute approximate surface area is 153 Å². The van der Waals surface area contributed by atoms with E-state index in [1.54, 1.807) is 0 Å². The summed E-state index contributed by atoms with van der Waals surface area (Å²) in [4.78, 5) is 0. The molecule has 102 valence electrons. The van der Waals surface area contributed by atoms with Crippen molar-refractivity contribution in [2.45, 2.75) is 26.7 Å². The van der Waals surface area contributed by atoms with Crippen molar-refractivity contribution in [3.63, 3.8) is 0 Å². The van der Waals surface area contributed by atoms with Gasteiger partial charge in [-0.1, -0.05) is 19.3 Å². The van der Waals surface area contributed by atoms with Gasteiger partial charge in [-0.25, -0.2) is 4.39 Å². The zero-order valence-corrected chi connectivity index (χ0v) is 14.6. The van der Waals surface area contributed by atoms with E-state index in [2.05, 4.69) is 0 Å². The normalized spacial score (nSPS) is 11.3. The Kier molecular flexibility index (Phi) is 8.87. The largest absolute Gasteiger partial charge is 1.00 e. The third kappa shape index (κ3) is 7.13. The molecule has 0 aliphatic heterocycles. The maximum Gasteiger partial charge on any atom is 1.00 e. The van der Waals surface area contributed by atoms with E-state index in [0.717, 1.165) is 18.6 Å². The van der Waals surface area contributed by atoms with Gasteiger partial charge in [0.2, 0.25) is 0 Å². The molecular weight excluding hydrogens is 286 g/mol. The molecule has 1 rings (SSSR count). The molecular formula is C12H16BF4KO. The second-order valence-corrected chi connectivity index (χ2v) is 4.64. The Morgan fingerprint density at radius 3 is 2.37 bits per heavy atom. The van der Waals surface area contributed by atoms with Crippen LogP contribution >= 0.6 is 0 Å². The summed E-state index contributed by atoms with van der Waals surface area (Å²) < 4.78 is 56.0. The molecule has 0 heterocycles. The van der Waals surface area contributed by atoms with Crippen molar-refractivity contribution in [3.8, 4) is 5.75 Å². The van der Waals surface area contributed by atoms with E-state index in [9.17, 15) is 17.3 Å². The minimum Gasteiger partial charge on any atom is -0.497 e. The van der Waals surface area contributed by atoms with Crippen LogP contribution in [0.25, 0.3) is 0 Å². The van der Waals surface area contributed by atoms with Gasteiger partial charge in [0.05, 0.1) is 12.4 Å². The first-order chi connectivity index (χ1) is 8.30. The van der Waals surface area contributed by atoms with Gasteiger partial charge in [0.25, 0.3) is 0 Å². The number of rotatable bonds is 6. The summed E-state index contributed by atoms with van der Waals surface area (Å²) in [7, 11) is 0. The Hall–Kier alpha value is 0.441. The van der Waals surface area contributed by atoms with E-state index in [0.29, 0.717) is 18.4 Å². The zero-order valence-electron chi connectivity index (χ0n) is 11.4. The first kappa shape index (κ1) is 19.4. The van der Waals surface area contributed by atoms with Crippen LogP contribution in [0.1, 0.15) is 26.7 Å². The molecule has 0 N–H and O–H groups in total. The zero-order chi connectivity index (χ0) is 13.8. The molecule has 0 saturated carbocycles. The molecule has 1 aromatic carbocycles. The Balaban J connectivity index is 0.00000324. The first-order valence-electron chi connectivity index (χ1n) is 5.93. The second kappa shape index (κ2) is 8.67. The molecule has 0 amide bonds. The second-order valence-electron chi connectivity index (χ2n) is 4.64. The van der Waals surface area contributed by atoms with E-state index < -0.39 is 18.3 Å². The summed E-state index contributed by atoms with van der Waals surface area (Å²) in [6.07, 6.45) is 1.56. The fourth-order valence-electron chi connectivity index (χ4n) is 1.58. The van der Waals surface area contributed by atoms with Crippen LogP contribution in [0.4, 0.5) is 17.3 Å². The van der Waals surface area contributed by atoms with E-state index in [-0.39, 0.29) is 63.7 Å². The van der Waals surface area contributed by atoms with E-state index in [1.165, 1.54) is 0 Å². The molecule has 0 unspecified atom stereocenters. The van der Waals surface area contributed by atoms with Crippen molar-refractivity contribution in [3.05, 3.63) is 24.0 Å². The molecule has 1 aromatic rings. The van der Waals surface area contributed by atoms with Gasteiger partial charge >= 0.3 is 58.4 Å². The summed E-state index contributed by atoms with van der Waals surface area (Å²) in [6, 6.07) is 2.50. The molecule has 0 radical (unpaired) electrons. The fraction of sp³-hybridized carbons (Fsp3) is 0.500. The summed E-state index contributed by atoms with van der Waals surface area (Å²) >= 11 is 0. The van der Waals surface area contributed by atoms with Crippen molar-refractivity contribution >= 4 is 12.4 Å². The third-order valence-corrected chi connectivity index (χ3v) is 2.51. The Morgan fingerprint density at radius 2 is 1.84 bits per heavy atom. The van der Waals surface area contributed by atoms with Crippen molar-refractivity contribution in [1.29, 1.82) is 0 Å². The van der Waals surface area contributed by atoms with Gasteiger partial charge in [0.15, 0.2) is 0 Å². The molecule has 0 aliphatic carbocycles. The average molecular weight is 302 g/mol. The maximum absolute atomic E-state index is 12.8. The van der Waals surface area contributed by atoms with Crippen LogP contribution in [0, 0.1) is 11.7 Å². The van der Waals surface area contributed by atoms with E-state index in [4.69, 9.17) is 4.74 Å². The standard InChI is InChI=1S/C12H16BF4O.K/c1-9(2)4-3-7-18-12-6-5-10(14)8-11(12)13(15,16)17;/h5-6,8-9H,3-4,7H2,1-2H3;/q-1;+1. The minimum atomic E-state index is -5.26. The quantitative estimate of drug-likeness (QED) is 0.427. The van der Waals surface area contributed by atoms with Crippen LogP contribution in [0.15, 0.2) is 18.2 Å². The molecule has 0 aromatic heterocycles. The van der Waals surface area contributed by atoms with Gasteiger partial charge in [0, 0.05) is 0 Å². The fourth-order valence-corrected chi connectivity index (χ4v) is 1.58. The number of benzene rings is 1. The molecule has 19 heavy (non-hydrogen) atoms. The number of halogens is 4. The Bertz CT molecular complexity index is 396. The minimum absolute atomic E-state index is 0. The van der Waals surface area contributed by atoms with E-state index in [1.807, 2.05) is 13.8 Å². The molecule has 0 saturated heterocycles. The molecule has 0 spiro atoms. The van der Waals surface area contributed by atoms with Crippen LogP contribution in [0.5, 0.6) is 5.75 Å². The smallest absolute Gasteiger partial charge is 0.497 e. The van der Waals surface area contributed by atoms with Gasteiger partial charge in [-0.05, 0) is 37.0 Å². The average Bonchev–Trinajstić information content (AvgIpc) is 2.24. The van der Waals surface area contributed by atoms with Gasteiger partial charge in [-0.2, -0.15) is 0 Å². The molecule has 0 aliphatic rings. The number of hydrogen-bond donors (Lipinski definition) is 0. The molecule has 0 atom stereocenters. The van der Waals surface area contributed by atoms with Crippen molar-refractivity contribution in [2.75, 3.05) is 6.61 Å². The van der Waals surface area contributed by atoms with Gasteiger partial charge in [-0.15, -0.1) is 0 Å². The molecule has 7 heteroatoms. The number of ether oxygens (including phenoxy) is 1. The summed E-state index contributed by atoms with van der Waals surface area (Å²) in [5.74, 6) is -0.709. The van der Waals surface area contributed by atoms with Crippen LogP contribution in [0.2, 0.25) is 0 Å². The van der Waals surface area contributed by atoms with Crippen LogP contribution in [-0.4, -0.2) is 13.6 Å². The van der Waals surface area contributed by atoms with Gasteiger partial charge in [-0.3, -0.25) is 0 Å². The topological polar surface area (TPSA) is 9.23 Å². The van der Waals surface area contributed by atoms with Gasteiger partial charge < -0.3 is 17.7 Å². The van der Waals surface area contributed by atoms with Crippen LogP contribution in [0.3, 0.4) is 0 Å². The summed E-state index contributed by atoms with van der Waals surface area (Å²) in [5, 5.41) is 0. The SMILES string of the molecule is CC(C)CCCOc1ccc(F)cc1[B-](F)(F)F.[K+]. The predicted molar refractivity (Wildman–Crippen MR) is 64.7 cm³/mol. The molecule has 0 bridgehead atoms.